The van der Waals surface area contributed by atoms with Crippen molar-refractivity contribution in [2.45, 2.75) is 39.0 Å². The highest BCUT2D eigenvalue weighted by Crippen LogP contribution is 2.28. The average molecular weight is 290 g/mol. The number of piperidine rings is 1. The van der Waals surface area contributed by atoms with Gasteiger partial charge in [-0.05, 0) is 50.8 Å². The van der Waals surface area contributed by atoms with Crippen LogP contribution in [0.5, 0.6) is 0 Å². The summed E-state index contributed by atoms with van der Waals surface area (Å²) in [7, 11) is 0. The molecule has 0 radical (unpaired) electrons. The van der Waals surface area contributed by atoms with Gasteiger partial charge < -0.3 is 4.90 Å². The number of hydrogen-bond acceptors (Lipinski definition) is 3. The third-order valence-electron chi connectivity index (χ3n) is 5.05. The number of hydrogen-bond donors (Lipinski definition) is 1. The first-order chi connectivity index (χ1) is 10.1. The van der Waals surface area contributed by atoms with Gasteiger partial charge in [0, 0.05) is 24.7 Å². The molecule has 3 rings (SSSR count). The molecule has 5 heteroatoms. The smallest absolute Gasteiger partial charge is 0.236 e. The topological polar surface area (TPSA) is 52.2 Å². The van der Waals surface area contributed by atoms with Gasteiger partial charge in [-0.3, -0.25) is 14.8 Å². The molecule has 0 unspecified atom stereocenters. The third kappa shape index (κ3) is 3.28. The molecular formula is C16H26N4O. The molecule has 1 N–H and O–H groups in total. The van der Waals surface area contributed by atoms with E-state index in [0.29, 0.717) is 18.4 Å². The van der Waals surface area contributed by atoms with Gasteiger partial charge in [0.15, 0.2) is 0 Å². The standard InChI is InChI=1S/C16H26N4O/c1-12-3-6-19(7-4-12)11-15(21)20-8-5-14(10-20)16-13(2)9-17-18-16/h9,12,14H,3-8,10-11H2,1-2H3,(H,17,18)/t14-/m1/s1. The van der Waals surface area contributed by atoms with Crippen molar-refractivity contribution >= 4 is 5.91 Å². The van der Waals surface area contributed by atoms with Gasteiger partial charge >= 0.3 is 0 Å². The van der Waals surface area contributed by atoms with E-state index in [1.54, 1.807) is 0 Å². The van der Waals surface area contributed by atoms with Crippen molar-refractivity contribution in [2.24, 2.45) is 5.92 Å². The molecule has 21 heavy (non-hydrogen) atoms. The monoisotopic (exact) mass is 290 g/mol. The van der Waals surface area contributed by atoms with Gasteiger partial charge in [-0.25, -0.2) is 0 Å². The predicted octanol–water partition coefficient (Wildman–Crippen LogP) is 1.77. The Hall–Kier alpha value is -1.36. The molecule has 1 aromatic rings. The lowest BCUT2D eigenvalue weighted by molar-refractivity contribution is -0.131. The number of aryl methyl sites for hydroxylation is 1. The van der Waals surface area contributed by atoms with Crippen LogP contribution in [0.25, 0.3) is 0 Å². The quantitative estimate of drug-likeness (QED) is 0.923. The lowest BCUT2D eigenvalue weighted by Crippen LogP contribution is -2.42. The summed E-state index contributed by atoms with van der Waals surface area (Å²) in [5.74, 6) is 1.54. The first-order valence-electron chi connectivity index (χ1n) is 8.13. The maximum absolute atomic E-state index is 12.5. The van der Waals surface area contributed by atoms with E-state index in [2.05, 4.69) is 28.9 Å². The zero-order valence-electron chi connectivity index (χ0n) is 13.1. The number of likely N-dealkylation sites (tertiary alicyclic amines) is 2. The molecule has 3 heterocycles. The molecule has 0 bridgehead atoms. The zero-order valence-corrected chi connectivity index (χ0v) is 13.1. The number of rotatable bonds is 3. The molecule has 0 spiro atoms. The number of aromatic nitrogens is 2. The molecule has 1 atom stereocenters. The second kappa shape index (κ2) is 6.18. The fourth-order valence-corrected chi connectivity index (χ4v) is 3.50. The SMILES string of the molecule is Cc1cn[nH]c1[C@@H]1CCN(C(=O)CN2CCC(C)CC2)C1. The van der Waals surface area contributed by atoms with Crippen LogP contribution >= 0.6 is 0 Å². The van der Waals surface area contributed by atoms with E-state index >= 15 is 0 Å². The summed E-state index contributed by atoms with van der Waals surface area (Å²) in [6.45, 7) is 8.85. The number of nitrogens with zero attached hydrogens (tertiary/aromatic N) is 3. The summed E-state index contributed by atoms with van der Waals surface area (Å²) < 4.78 is 0. The molecule has 0 saturated carbocycles. The number of amides is 1. The Morgan fingerprint density at radius 2 is 2.10 bits per heavy atom. The normalized spacial score (nSPS) is 24.7. The predicted molar refractivity (Wildman–Crippen MR) is 82.1 cm³/mol. The number of carbonyl (C=O) groups is 1. The number of carbonyl (C=O) groups excluding carboxylic acids is 1. The molecule has 2 saturated heterocycles. The van der Waals surface area contributed by atoms with Crippen LogP contribution in [0.1, 0.15) is 43.4 Å². The van der Waals surface area contributed by atoms with Crippen LogP contribution in [0.4, 0.5) is 0 Å². The van der Waals surface area contributed by atoms with Crippen molar-refractivity contribution in [1.82, 2.24) is 20.0 Å². The molecule has 5 nitrogen and oxygen atoms in total. The summed E-state index contributed by atoms with van der Waals surface area (Å²) in [6, 6.07) is 0. The van der Waals surface area contributed by atoms with Crippen molar-refractivity contribution in [3.8, 4) is 0 Å². The second-order valence-corrected chi connectivity index (χ2v) is 6.75. The molecule has 2 fully saturated rings. The summed E-state index contributed by atoms with van der Waals surface area (Å²) in [5, 5.41) is 7.19. The Labute approximate surface area is 126 Å². The summed E-state index contributed by atoms with van der Waals surface area (Å²) in [6.07, 6.45) is 5.37. The molecule has 0 aliphatic carbocycles. The van der Waals surface area contributed by atoms with Gasteiger partial charge in [-0.1, -0.05) is 6.92 Å². The lowest BCUT2D eigenvalue weighted by atomic mass is 9.99. The maximum atomic E-state index is 12.5. The zero-order chi connectivity index (χ0) is 14.8. The van der Waals surface area contributed by atoms with Crippen LogP contribution in [0.15, 0.2) is 6.20 Å². The molecule has 2 aliphatic heterocycles. The highest BCUT2D eigenvalue weighted by molar-refractivity contribution is 5.78. The van der Waals surface area contributed by atoms with Gasteiger partial charge in [0.1, 0.15) is 0 Å². The average Bonchev–Trinajstić information content (AvgIpc) is 3.09. The molecular weight excluding hydrogens is 264 g/mol. The minimum Gasteiger partial charge on any atom is -0.341 e. The molecule has 1 amide bonds. The highest BCUT2D eigenvalue weighted by atomic mass is 16.2. The number of nitrogens with one attached hydrogen (secondary N) is 1. The Morgan fingerprint density at radius 1 is 1.33 bits per heavy atom. The molecule has 2 aliphatic rings. The van der Waals surface area contributed by atoms with E-state index in [0.717, 1.165) is 38.5 Å². The number of H-pyrrole nitrogens is 1. The maximum Gasteiger partial charge on any atom is 0.236 e. The van der Waals surface area contributed by atoms with Crippen molar-refractivity contribution in [2.75, 3.05) is 32.7 Å². The number of aromatic amines is 1. The minimum absolute atomic E-state index is 0.296. The first-order valence-corrected chi connectivity index (χ1v) is 8.13. The molecule has 1 aromatic heterocycles. The van der Waals surface area contributed by atoms with E-state index in [1.807, 2.05) is 11.1 Å². The highest BCUT2D eigenvalue weighted by Gasteiger charge is 2.30. The van der Waals surface area contributed by atoms with E-state index in [9.17, 15) is 4.79 Å². The largest absolute Gasteiger partial charge is 0.341 e. The Morgan fingerprint density at radius 3 is 2.76 bits per heavy atom. The van der Waals surface area contributed by atoms with Crippen molar-refractivity contribution in [3.63, 3.8) is 0 Å². The fraction of sp³-hybridized carbons (Fsp3) is 0.750. The molecule has 0 aromatic carbocycles. The van der Waals surface area contributed by atoms with Crippen LogP contribution in [0.2, 0.25) is 0 Å². The summed E-state index contributed by atoms with van der Waals surface area (Å²) >= 11 is 0. The van der Waals surface area contributed by atoms with Crippen molar-refractivity contribution < 1.29 is 4.79 Å². The van der Waals surface area contributed by atoms with Crippen molar-refractivity contribution in [3.05, 3.63) is 17.5 Å². The van der Waals surface area contributed by atoms with Gasteiger partial charge in [0.25, 0.3) is 0 Å². The fourth-order valence-electron chi connectivity index (χ4n) is 3.50. The van der Waals surface area contributed by atoms with Gasteiger partial charge in [-0.2, -0.15) is 5.10 Å². The second-order valence-electron chi connectivity index (χ2n) is 6.75. The summed E-state index contributed by atoms with van der Waals surface area (Å²) in [5.41, 5.74) is 2.41. The van der Waals surface area contributed by atoms with Crippen LogP contribution in [-0.4, -0.2) is 58.6 Å². The van der Waals surface area contributed by atoms with Crippen LogP contribution in [0, 0.1) is 12.8 Å². The van der Waals surface area contributed by atoms with Gasteiger partial charge in [-0.15, -0.1) is 0 Å². The van der Waals surface area contributed by atoms with Crippen LogP contribution in [-0.2, 0) is 4.79 Å². The lowest BCUT2D eigenvalue weighted by Gasteiger charge is -2.30. The van der Waals surface area contributed by atoms with E-state index in [-0.39, 0.29) is 0 Å². The van der Waals surface area contributed by atoms with E-state index in [1.165, 1.54) is 24.1 Å². The van der Waals surface area contributed by atoms with E-state index in [4.69, 9.17) is 0 Å². The minimum atomic E-state index is 0.296. The van der Waals surface area contributed by atoms with E-state index < -0.39 is 0 Å². The Bertz CT molecular complexity index is 490. The third-order valence-corrected chi connectivity index (χ3v) is 5.05. The Balaban J connectivity index is 1.51. The first kappa shape index (κ1) is 14.6. The Kier molecular flexibility index (Phi) is 4.29. The van der Waals surface area contributed by atoms with Gasteiger partial charge in [0.05, 0.1) is 12.7 Å². The summed E-state index contributed by atoms with van der Waals surface area (Å²) in [4.78, 5) is 16.8. The van der Waals surface area contributed by atoms with Crippen LogP contribution < -0.4 is 0 Å². The van der Waals surface area contributed by atoms with Gasteiger partial charge in [0.2, 0.25) is 5.91 Å². The van der Waals surface area contributed by atoms with Crippen LogP contribution in [0.3, 0.4) is 0 Å². The van der Waals surface area contributed by atoms with Crippen molar-refractivity contribution in [1.29, 1.82) is 0 Å². The molecule has 116 valence electrons.